The number of rotatable bonds is 3. The molecule has 1 aromatic carbocycles. The van der Waals surface area contributed by atoms with E-state index in [0.29, 0.717) is 6.42 Å². The summed E-state index contributed by atoms with van der Waals surface area (Å²) in [4.78, 5) is 0. The fraction of sp³-hybridized carbons (Fsp3) is 0.455. The summed E-state index contributed by atoms with van der Waals surface area (Å²) in [7, 11) is 0. The zero-order valence-electron chi connectivity index (χ0n) is 7.68. The third-order valence-corrected chi connectivity index (χ3v) is 1.95. The van der Waals surface area contributed by atoms with Gasteiger partial charge < -0.3 is 0 Å². The van der Waals surface area contributed by atoms with Gasteiger partial charge >= 0.3 is 0 Å². The quantitative estimate of drug-likeness (QED) is 0.647. The van der Waals surface area contributed by atoms with Crippen LogP contribution in [0.25, 0.3) is 0 Å². The van der Waals surface area contributed by atoms with Crippen LogP contribution in [0.5, 0.6) is 0 Å². The fourth-order valence-electron chi connectivity index (χ4n) is 1.24. The molecule has 1 unspecified atom stereocenters. The number of halogens is 1. The van der Waals surface area contributed by atoms with Crippen molar-refractivity contribution in [2.24, 2.45) is 0 Å². The Morgan fingerprint density at radius 1 is 1.17 bits per heavy atom. The van der Waals surface area contributed by atoms with Crippen molar-refractivity contribution in [1.29, 1.82) is 0 Å². The summed E-state index contributed by atoms with van der Waals surface area (Å²) in [6.45, 7) is 3.71. The minimum absolute atomic E-state index is 0.532. The monoisotopic (exact) mass is 166 g/mol. The standard InChI is InChI=1S/C11H15F/c1-3-10-4-6-11(7-5-10)8-9(2)12/h4-7,9H,3,8H2,1-2H3. The molecule has 0 radical (unpaired) electrons. The van der Waals surface area contributed by atoms with E-state index in [1.807, 2.05) is 12.1 Å². The Balaban J connectivity index is 2.65. The molecule has 0 nitrogen and oxygen atoms in total. The predicted molar refractivity (Wildman–Crippen MR) is 50.1 cm³/mol. The molecule has 0 aliphatic carbocycles. The number of alkyl halides is 1. The zero-order valence-corrected chi connectivity index (χ0v) is 7.68. The van der Waals surface area contributed by atoms with Crippen LogP contribution in [-0.2, 0) is 12.8 Å². The van der Waals surface area contributed by atoms with Crippen LogP contribution in [0.15, 0.2) is 24.3 Å². The summed E-state index contributed by atoms with van der Waals surface area (Å²) in [5.74, 6) is 0. The lowest BCUT2D eigenvalue weighted by atomic mass is 10.1. The number of aryl methyl sites for hydroxylation is 1. The molecule has 0 bridgehead atoms. The topological polar surface area (TPSA) is 0 Å². The van der Waals surface area contributed by atoms with Crippen molar-refractivity contribution in [3.05, 3.63) is 35.4 Å². The lowest BCUT2D eigenvalue weighted by Gasteiger charge is -2.02. The van der Waals surface area contributed by atoms with Crippen LogP contribution in [0.2, 0.25) is 0 Å². The second-order valence-corrected chi connectivity index (χ2v) is 3.15. The molecule has 12 heavy (non-hydrogen) atoms. The van der Waals surface area contributed by atoms with E-state index < -0.39 is 6.17 Å². The van der Waals surface area contributed by atoms with E-state index in [0.717, 1.165) is 12.0 Å². The van der Waals surface area contributed by atoms with Gasteiger partial charge in [-0.1, -0.05) is 31.2 Å². The maximum atomic E-state index is 12.6. The summed E-state index contributed by atoms with van der Waals surface area (Å²) < 4.78 is 12.6. The molecule has 0 aromatic heterocycles. The molecule has 1 aromatic rings. The van der Waals surface area contributed by atoms with E-state index in [9.17, 15) is 4.39 Å². The van der Waals surface area contributed by atoms with Gasteiger partial charge in [-0.3, -0.25) is 0 Å². The SMILES string of the molecule is CCc1ccc(CC(C)F)cc1. The maximum absolute atomic E-state index is 12.6. The number of hydrogen-bond acceptors (Lipinski definition) is 0. The Bertz CT molecular complexity index is 223. The summed E-state index contributed by atoms with van der Waals surface area (Å²) >= 11 is 0. The van der Waals surface area contributed by atoms with E-state index in [1.165, 1.54) is 5.56 Å². The zero-order chi connectivity index (χ0) is 8.97. The summed E-state index contributed by atoms with van der Waals surface area (Å²) in [5.41, 5.74) is 2.40. The van der Waals surface area contributed by atoms with Gasteiger partial charge in [0.1, 0.15) is 6.17 Å². The third-order valence-electron chi connectivity index (χ3n) is 1.95. The molecule has 1 heteroatoms. The van der Waals surface area contributed by atoms with Gasteiger partial charge in [0.2, 0.25) is 0 Å². The van der Waals surface area contributed by atoms with E-state index >= 15 is 0 Å². The Morgan fingerprint density at radius 3 is 2.08 bits per heavy atom. The molecule has 66 valence electrons. The van der Waals surface area contributed by atoms with Gasteiger partial charge in [-0.05, 0) is 24.5 Å². The highest BCUT2D eigenvalue weighted by molar-refractivity contribution is 5.22. The Labute approximate surface area is 73.4 Å². The number of benzene rings is 1. The predicted octanol–water partition coefficient (Wildman–Crippen LogP) is 3.15. The summed E-state index contributed by atoms with van der Waals surface area (Å²) in [6.07, 6.45) is 0.840. The van der Waals surface area contributed by atoms with Crippen molar-refractivity contribution < 1.29 is 4.39 Å². The molecule has 0 aliphatic heterocycles. The minimum Gasteiger partial charge on any atom is -0.247 e. The van der Waals surface area contributed by atoms with Crippen molar-refractivity contribution in [3.8, 4) is 0 Å². The molecule has 0 aliphatic rings. The lowest BCUT2D eigenvalue weighted by molar-refractivity contribution is 0.360. The average Bonchev–Trinajstić information content (AvgIpc) is 2.05. The van der Waals surface area contributed by atoms with Crippen molar-refractivity contribution in [2.75, 3.05) is 0 Å². The number of hydrogen-bond donors (Lipinski definition) is 0. The van der Waals surface area contributed by atoms with E-state index in [2.05, 4.69) is 19.1 Å². The molecule has 0 N–H and O–H groups in total. The van der Waals surface area contributed by atoms with Crippen LogP contribution >= 0.6 is 0 Å². The third kappa shape index (κ3) is 2.65. The van der Waals surface area contributed by atoms with Gasteiger partial charge in [-0.15, -0.1) is 0 Å². The molecule has 1 atom stereocenters. The Hall–Kier alpha value is -0.850. The van der Waals surface area contributed by atoms with Gasteiger partial charge in [0, 0.05) is 6.42 Å². The van der Waals surface area contributed by atoms with Crippen LogP contribution in [-0.4, -0.2) is 6.17 Å². The van der Waals surface area contributed by atoms with E-state index in [-0.39, 0.29) is 0 Å². The highest BCUT2D eigenvalue weighted by Gasteiger charge is 1.99. The Morgan fingerprint density at radius 2 is 1.67 bits per heavy atom. The molecule has 0 heterocycles. The molecule has 0 amide bonds. The molecular weight excluding hydrogens is 151 g/mol. The van der Waals surface area contributed by atoms with Gasteiger partial charge in [-0.2, -0.15) is 0 Å². The fourth-order valence-corrected chi connectivity index (χ4v) is 1.24. The van der Waals surface area contributed by atoms with Crippen molar-refractivity contribution in [1.82, 2.24) is 0 Å². The molecule has 0 fully saturated rings. The summed E-state index contributed by atoms with van der Waals surface area (Å²) in [6, 6.07) is 8.15. The molecule has 0 saturated heterocycles. The molecule has 0 saturated carbocycles. The summed E-state index contributed by atoms with van der Waals surface area (Å²) in [5, 5.41) is 0. The van der Waals surface area contributed by atoms with Crippen molar-refractivity contribution in [3.63, 3.8) is 0 Å². The largest absolute Gasteiger partial charge is 0.247 e. The highest BCUT2D eigenvalue weighted by Crippen LogP contribution is 2.08. The van der Waals surface area contributed by atoms with Gasteiger partial charge in [0.25, 0.3) is 0 Å². The second kappa shape index (κ2) is 4.24. The maximum Gasteiger partial charge on any atom is 0.101 e. The first kappa shape index (κ1) is 9.24. The molecular formula is C11H15F. The van der Waals surface area contributed by atoms with Gasteiger partial charge in [0.15, 0.2) is 0 Å². The van der Waals surface area contributed by atoms with E-state index in [1.54, 1.807) is 6.92 Å². The van der Waals surface area contributed by atoms with Gasteiger partial charge in [-0.25, -0.2) is 4.39 Å². The van der Waals surface area contributed by atoms with E-state index in [4.69, 9.17) is 0 Å². The van der Waals surface area contributed by atoms with Crippen LogP contribution in [0.4, 0.5) is 4.39 Å². The van der Waals surface area contributed by atoms with Crippen molar-refractivity contribution >= 4 is 0 Å². The average molecular weight is 166 g/mol. The van der Waals surface area contributed by atoms with Gasteiger partial charge in [0.05, 0.1) is 0 Å². The first-order valence-electron chi connectivity index (χ1n) is 4.44. The van der Waals surface area contributed by atoms with Crippen LogP contribution in [0, 0.1) is 0 Å². The second-order valence-electron chi connectivity index (χ2n) is 3.15. The first-order valence-corrected chi connectivity index (χ1v) is 4.44. The van der Waals surface area contributed by atoms with Crippen LogP contribution in [0.1, 0.15) is 25.0 Å². The molecule has 1 rings (SSSR count). The first-order chi connectivity index (χ1) is 5.72. The van der Waals surface area contributed by atoms with Crippen LogP contribution in [0.3, 0.4) is 0 Å². The minimum atomic E-state index is -0.738. The molecule has 0 spiro atoms. The van der Waals surface area contributed by atoms with Crippen molar-refractivity contribution in [2.45, 2.75) is 32.9 Å². The highest BCUT2D eigenvalue weighted by atomic mass is 19.1. The lowest BCUT2D eigenvalue weighted by Crippen LogP contribution is -1.97. The Kier molecular flexibility index (Phi) is 3.27. The van der Waals surface area contributed by atoms with Crippen LogP contribution < -0.4 is 0 Å². The normalized spacial score (nSPS) is 12.9. The smallest absolute Gasteiger partial charge is 0.101 e.